The number of hydrogen-bond donors (Lipinski definition) is 1. The number of piperazine rings is 1. The highest BCUT2D eigenvalue weighted by molar-refractivity contribution is 5.96. The third-order valence-corrected chi connectivity index (χ3v) is 4.51. The van der Waals surface area contributed by atoms with Gasteiger partial charge in [-0.15, -0.1) is 0 Å². The van der Waals surface area contributed by atoms with E-state index in [0.29, 0.717) is 24.3 Å². The van der Waals surface area contributed by atoms with Crippen LogP contribution in [-0.2, 0) is 0 Å². The highest BCUT2D eigenvalue weighted by Gasteiger charge is 2.23. The lowest BCUT2D eigenvalue weighted by Gasteiger charge is -2.36. The van der Waals surface area contributed by atoms with Crippen LogP contribution in [0.4, 0.5) is 16.2 Å². The average molecular weight is 353 g/mol. The fraction of sp³-hybridized carbons (Fsp3) is 0.300. The maximum absolute atomic E-state index is 12.5. The van der Waals surface area contributed by atoms with Gasteiger partial charge in [-0.1, -0.05) is 24.3 Å². The molecule has 2 aromatic rings. The van der Waals surface area contributed by atoms with Crippen molar-refractivity contribution >= 4 is 23.2 Å². The standard InChI is InChI=1S/C20H23N3O3/c1-15(24)16-6-5-7-17(14-16)21-20(25)23-12-10-22(11-13-23)18-8-3-4-9-19(18)26-2/h3-9,14H,10-13H2,1-2H3,(H,21,25). The number of amides is 2. The molecule has 1 aliphatic rings. The van der Waals surface area contributed by atoms with Gasteiger partial charge in [-0.3, -0.25) is 4.79 Å². The first-order valence-electron chi connectivity index (χ1n) is 8.63. The fourth-order valence-electron chi connectivity index (χ4n) is 3.06. The summed E-state index contributed by atoms with van der Waals surface area (Å²) in [6, 6.07) is 14.8. The van der Waals surface area contributed by atoms with E-state index >= 15 is 0 Å². The molecular weight excluding hydrogens is 330 g/mol. The van der Waals surface area contributed by atoms with Crippen LogP contribution in [0.3, 0.4) is 0 Å². The molecule has 1 N–H and O–H groups in total. The summed E-state index contributed by atoms with van der Waals surface area (Å²) in [5.41, 5.74) is 2.27. The van der Waals surface area contributed by atoms with Crippen LogP contribution in [0, 0.1) is 0 Å². The number of nitrogens with one attached hydrogen (secondary N) is 1. The Kier molecular flexibility index (Phi) is 5.41. The van der Waals surface area contributed by atoms with Gasteiger partial charge < -0.3 is 19.9 Å². The minimum absolute atomic E-state index is 0.0217. The largest absolute Gasteiger partial charge is 0.495 e. The molecule has 0 bridgehead atoms. The molecular formula is C20H23N3O3. The molecule has 1 heterocycles. The number of para-hydroxylation sites is 2. The maximum atomic E-state index is 12.5. The van der Waals surface area contributed by atoms with Gasteiger partial charge in [-0.2, -0.15) is 0 Å². The van der Waals surface area contributed by atoms with Gasteiger partial charge in [0.1, 0.15) is 5.75 Å². The lowest BCUT2D eigenvalue weighted by Crippen LogP contribution is -2.50. The number of carbonyl (C=O) groups is 2. The predicted octanol–water partition coefficient (Wildman–Crippen LogP) is 3.25. The van der Waals surface area contributed by atoms with Crippen LogP contribution >= 0.6 is 0 Å². The van der Waals surface area contributed by atoms with Crippen LogP contribution in [0.25, 0.3) is 0 Å². The second-order valence-electron chi connectivity index (χ2n) is 6.21. The Morgan fingerprint density at radius 3 is 2.42 bits per heavy atom. The summed E-state index contributed by atoms with van der Waals surface area (Å²) < 4.78 is 5.42. The minimum Gasteiger partial charge on any atom is -0.495 e. The van der Waals surface area contributed by atoms with Gasteiger partial charge in [0.25, 0.3) is 0 Å². The van der Waals surface area contributed by atoms with Gasteiger partial charge in [-0.05, 0) is 31.2 Å². The Morgan fingerprint density at radius 2 is 1.73 bits per heavy atom. The van der Waals surface area contributed by atoms with Gasteiger partial charge in [0.15, 0.2) is 5.78 Å². The number of urea groups is 1. The third-order valence-electron chi connectivity index (χ3n) is 4.51. The van der Waals surface area contributed by atoms with E-state index in [4.69, 9.17) is 4.74 Å². The molecule has 2 aromatic carbocycles. The summed E-state index contributed by atoms with van der Waals surface area (Å²) >= 11 is 0. The van der Waals surface area contributed by atoms with Gasteiger partial charge in [0.05, 0.1) is 12.8 Å². The van der Waals surface area contributed by atoms with Crippen LogP contribution in [0.1, 0.15) is 17.3 Å². The number of hydrogen-bond acceptors (Lipinski definition) is 4. The number of nitrogens with zero attached hydrogens (tertiary/aromatic N) is 2. The first-order chi connectivity index (χ1) is 12.6. The SMILES string of the molecule is COc1ccccc1N1CCN(C(=O)Nc2cccc(C(C)=O)c2)CC1. The van der Waals surface area contributed by atoms with E-state index in [2.05, 4.69) is 10.2 Å². The molecule has 26 heavy (non-hydrogen) atoms. The molecule has 3 rings (SSSR count). The second-order valence-corrected chi connectivity index (χ2v) is 6.21. The Morgan fingerprint density at radius 1 is 1.00 bits per heavy atom. The normalized spacial score (nSPS) is 14.1. The van der Waals surface area contributed by atoms with Crippen molar-refractivity contribution in [2.75, 3.05) is 43.5 Å². The molecule has 0 unspecified atom stereocenters. The smallest absolute Gasteiger partial charge is 0.321 e. The van der Waals surface area contributed by atoms with E-state index < -0.39 is 0 Å². The van der Waals surface area contributed by atoms with E-state index in [1.54, 1.807) is 36.3 Å². The molecule has 0 aromatic heterocycles. The number of carbonyl (C=O) groups excluding carboxylic acids is 2. The highest BCUT2D eigenvalue weighted by atomic mass is 16.5. The highest BCUT2D eigenvalue weighted by Crippen LogP contribution is 2.28. The molecule has 1 aliphatic heterocycles. The molecule has 0 saturated carbocycles. The Hall–Kier alpha value is -3.02. The van der Waals surface area contributed by atoms with Gasteiger partial charge in [0.2, 0.25) is 0 Å². The number of rotatable bonds is 4. The van der Waals surface area contributed by atoms with Crippen LogP contribution in [0.5, 0.6) is 5.75 Å². The Bertz CT molecular complexity index is 798. The summed E-state index contributed by atoms with van der Waals surface area (Å²) in [6.07, 6.45) is 0. The average Bonchev–Trinajstić information content (AvgIpc) is 2.68. The molecule has 0 atom stereocenters. The lowest BCUT2D eigenvalue weighted by atomic mass is 10.1. The van der Waals surface area contributed by atoms with E-state index in [-0.39, 0.29) is 11.8 Å². The number of benzene rings is 2. The number of methoxy groups -OCH3 is 1. The van der Waals surface area contributed by atoms with Crippen LogP contribution < -0.4 is 15.0 Å². The molecule has 6 nitrogen and oxygen atoms in total. The van der Waals surface area contributed by atoms with Crippen molar-refractivity contribution in [3.8, 4) is 5.75 Å². The number of ketones is 1. The zero-order valence-corrected chi connectivity index (χ0v) is 15.1. The summed E-state index contributed by atoms with van der Waals surface area (Å²) in [5, 5.41) is 2.88. The second kappa shape index (κ2) is 7.91. The monoisotopic (exact) mass is 353 g/mol. The van der Waals surface area contributed by atoms with Gasteiger partial charge >= 0.3 is 6.03 Å². The molecule has 0 spiro atoms. The fourth-order valence-corrected chi connectivity index (χ4v) is 3.06. The Balaban J connectivity index is 1.60. The van der Waals surface area contributed by atoms with Crippen molar-refractivity contribution in [3.05, 3.63) is 54.1 Å². The summed E-state index contributed by atoms with van der Waals surface area (Å²) in [5.74, 6) is 0.818. The molecule has 6 heteroatoms. The number of Topliss-reactive ketones (excluding diaryl/α,β-unsaturated/α-hetero) is 1. The van der Waals surface area contributed by atoms with Crippen molar-refractivity contribution in [2.45, 2.75) is 6.92 Å². The molecule has 136 valence electrons. The Labute approximate surface area is 153 Å². The molecule has 2 amide bonds. The molecule has 1 fully saturated rings. The number of ether oxygens (including phenoxy) is 1. The van der Waals surface area contributed by atoms with Crippen molar-refractivity contribution in [3.63, 3.8) is 0 Å². The molecule has 1 saturated heterocycles. The van der Waals surface area contributed by atoms with E-state index in [9.17, 15) is 9.59 Å². The van der Waals surface area contributed by atoms with E-state index in [1.807, 2.05) is 24.3 Å². The first kappa shape index (κ1) is 17.8. The summed E-state index contributed by atoms with van der Waals surface area (Å²) in [6.45, 7) is 4.23. The number of anilines is 2. The molecule has 0 radical (unpaired) electrons. The summed E-state index contributed by atoms with van der Waals surface area (Å²) in [4.78, 5) is 28.0. The zero-order valence-electron chi connectivity index (χ0n) is 15.1. The quantitative estimate of drug-likeness (QED) is 0.857. The van der Waals surface area contributed by atoms with Crippen molar-refractivity contribution in [2.24, 2.45) is 0 Å². The van der Waals surface area contributed by atoms with Crippen LogP contribution in [0.15, 0.2) is 48.5 Å². The maximum Gasteiger partial charge on any atom is 0.321 e. The lowest BCUT2D eigenvalue weighted by molar-refractivity contribution is 0.101. The van der Waals surface area contributed by atoms with Crippen molar-refractivity contribution < 1.29 is 14.3 Å². The topological polar surface area (TPSA) is 61.9 Å². The van der Waals surface area contributed by atoms with Gasteiger partial charge in [-0.25, -0.2) is 4.79 Å². The van der Waals surface area contributed by atoms with Crippen LogP contribution in [0.2, 0.25) is 0 Å². The van der Waals surface area contributed by atoms with Crippen LogP contribution in [-0.4, -0.2) is 50.0 Å². The zero-order chi connectivity index (χ0) is 18.5. The minimum atomic E-state index is -0.148. The third kappa shape index (κ3) is 3.96. The van der Waals surface area contributed by atoms with E-state index in [0.717, 1.165) is 24.5 Å². The summed E-state index contributed by atoms with van der Waals surface area (Å²) in [7, 11) is 1.66. The molecule has 0 aliphatic carbocycles. The predicted molar refractivity (Wildman–Crippen MR) is 102 cm³/mol. The van der Waals surface area contributed by atoms with E-state index in [1.165, 1.54) is 6.92 Å². The van der Waals surface area contributed by atoms with Crippen molar-refractivity contribution in [1.82, 2.24) is 4.90 Å². The van der Waals surface area contributed by atoms with Crippen molar-refractivity contribution in [1.29, 1.82) is 0 Å². The first-order valence-corrected chi connectivity index (χ1v) is 8.63. The van der Waals surface area contributed by atoms with Gasteiger partial charge in [0, 0.05) is 37.4 Å².